The van der Waals surface area contributed by atoms with Crippen molar-refractivity contribution in [1.29, 1.82) is 0 Å². The average molecular weight is 433 g/mol. The largest absolute Gasteiger partial charge is 0.172 e. The zero-order valence-electron chi connectivity index (χ0n) is 18.1. The topological polar surface area (TPSA) is 25.8 Å². The van der Waals surface area contributed by atoms with Crippen LogP contribution in [0.2, 0.25) is 39.3 Å². The van der Waals surface area contributed by atoms with E-state index in [4.69, 9.17) is 0 Å². The lowest BCUT2D eigenvalue weighted by atomic mass is 9.98. The summed E-state index contributed by atoms with van der Waals surface area (Å²) in [6, 6.07) is 22.5. The third kappa shape index (κ3) is 3.99. The first kappa shape index (κ1) is 20.2. The Kier molecular flexibility index (Phi) is 5.09. The van der Waals surface area contributed by atoms with Gasteiger partial charge in [-0.2, -0.15) is 8.75 Å². The molecular formula is C24H28N2SSi2. The fourth-order valence-electron chi connectivity index (χ4n) is 3.63. The van der Waals surface area contributed by atoms with Gasteiger partial charge in [0.15, 0.2) is 0 Å². The summed E-state index contributed by atoms with van der Waals surface area (Å²) < 4.78 is 9.31. The Morgan fingerprint density at radius 2 is 0.862 bits per heavy atom. The van der Waals surface area contributed by atoms with Crippen LogP contribution in [0.5, 0.6) is 0 Å². The van der Waals surface area contributed by atoms with Gasteiger partial charge < -0.3 is 0 Å². The molecule has 0 N–H and O–H groups in total. The lowest BCUT2D eigenvalue weighted by Gasteiger charge is -2.17. The summed E-state index contributed by atoms with van der Waals surface area (Å²) in [5.41, 5.74) is 6.76. The van der Waals surface area contributed by atoms with Gasteiger partial charge >= 0.3 is 0 Å². The van der Waals surface area contributed by atoms with Crippen molar-refractivity contribution in [2.75, 3.05) is 0 Å². The fraction of sp³-hybridized carbons (Fsp3) is 0.250. The lowest BCUT2D eigenvalue weighted by molar-refractivity contribution is 1.58. The molecule has 0 bridgehead atoms. The van der Waals surface area contributed by atoms with Gasteiger partial charge in [-0.3, -0.25) is 0 Å². The van der Waals surface area contributed by atoms with E-state index in [1.165, 1.54) is 44.4 Å². The Morgan fingerprint density at radius 3 is 1.17 bits per heavy atom. The SMILES string of the molecule is C[Si](C)(C)c1ccc(-c2ccc(-c3ccc([Si](C)(C)C)cc3)c3nsnc23)cc1. The van der Waals surface area contributed by atoms with Gasteiger partial charge in [0.1, 0.15) is 11.0 Å². The predicted octanol–water partition coefficient (Wildman–Crippen LogP) is 6.12. The Hall–Kier alpha value is -2.09. The summed E-state index contributed by atoms with van der Waals surface area (Å²) in [5, 5.41) is 2.96. The van der Waals surface area contributed by atoms with Crippen LogP contribution < -0.4 is 10.4 Å². The standard InChI is InChI=1S/C24H28N2SSi2/c1-28(2,3)19-11-7-17(8-12-19)21-15-16-22(24-23(21)25-27-26-24)18-9-13-20(14-10-18)29(4,5)6/h7-16H,1-6H3. The monoisotopic (exact) mass is 432 g/mol. The van der Waals surface area contributed by atoms with E-state index >= 15 is 0 Å². The summed E-state index contributed by atoms with van der Waals surface area (Å²) in [4.78, 5) is 0. The maximum absolute atomic E-state index is 4.66. The molecule has 0 amide bonds. The molecule has 0 aliphatic rings. The third-order valence-electron chi connectivity index (χ3n) is 5.54. The molecule has 5 heteroatoms. The molecule has 0 spiro atoms. The number of fused-ring (bicyclic) bond motifs is 1. The highest BCUT2D eigenvalue weighted by Crippen LogP contribution is 2.34. The molecule has 1 aromatic heterocycles. The van der Waals surface area contributed by atoms with Crippen molar-refractivity contribution >= 4 is 49.3 Å². The van der Waals surface area contributed by atoms with E-state index in [0.29, 0.717) is 0 Å². The fourth-order valence-corrected chi connectivity index (χ4v) is 6.54. The van der Waals surface area contributed by atoms with Crippen LogP contribution in [0.3, 0.4) is 0 Å². The predicted molar refractivity (Wildman–Crippen MR) is 134 cm³/mol. The van der Waals surface area contributed by atoms with E-state index in [-0.39, 0.29) is 0 Å². The number of hydrogen-bond donors (Lipinski definition) is 0. The molecule has 1 heterocycles. The quantitative estimate of drug-likeness (QED) is 0.363. The van der Waals surface area contributed by atoms with Crippen LogP contribution in [0.1, 0.15) is 0 Å². The molecule has 4 aromatic rings. The molecule has 0 radical (unpaired) electrons. The van der Waals surface area contributed by atoms with Gasteiger partial charge in [0.05, 0.1) is 27.9 Å². The van der Waals surface area contributed by atoms with E-state index < -0.39 is 16.1 Å². The molecule has 0 aliphatic heterocycles. The smallest absolute Gasteiger partial charge is 0.113 e. The highest BCUT2D eigenvalue weighted by molar-refractivity contribution is 7.00. The van der Waals surface area contributed by atoms with Crippen molar-refractivity contribution in [3.63, 3.8) is 0 Å². The van der Waals surface area contributed by atoms with Crippen molar-refractivity contribution in [2.24, 2.45) is 0 Å². The van der Waals surface area contributed by atoms with Gasteiger partial charge in [0.2, 0.25) is 0 Å². The molecule has 0 saturated carbocycles. The van der Waals surface area contributed by atoms with Gasteiger partial charge in [-0.15, -0.1) is 0 Å². The van der Waals surface area contributed by atoms with Crippen LogP contribution in [-0.2, 0) is 0 Å². The molecule has 2 nitrogen and oxygen atoms in total. The van der Waals surface area contributed by atoms with Crippen LogP contribution >= 0.6 is 11.7 Å². The second-order valence-electron chi connectivity index (χ2n) is 9.78. The lowest BCUT2D eigenvalue weighted by Crippen LogP contribution is -2.37. The summed E-state index contributed by atoms with van der Waals surface area (Å²) in [7, 11) is -2.58. The minimum atomic E-state index is -1.29. The van der Waals surface area contributed by atoms with Crippen molar-refractivity contribution in [3.05, 3.63) is 60.7 Å². The van der Waals surface area contributed by atoms with Crippen molar-refractivity contribution < 1.29 is 0 Å². The molecule has 4 rings (SSSR count). The first-order chi connectivity index (χ1) is 13.6. The van der Waals surface area contributed by atoms with E-state index in [1.807, 2.05) is 0 Å². The Morgan fingerprint density at radius 1 is 0.517 bits per heavy atom. The van der Waals surface area contributed by atoms with Gasteiger partial charge in [0, 0.05) is 11.1 Å². The van der Waals surface area contributed by atoms with Gasteiger partial charge in [-0.05, 0) is 11.1 Å². The van der Waals surface area contributed by atoms with E-state index in [1.54, 1.807) is 0 Å². The summed E-state index contributed by atoms with van der Waals surface area (Å²) in [6.07, 6.45) is 0. The van der Waals surface area contributed by atoms with Crippen LogP contribution in [0, 0.1) is 0 Å². The van der Waals surface area contributed by atoms with Crippen LogP contribution in [0.4, 0.5) is 0 Å². The van der Waals surface area contributed by atoms with Crippen molar-refractivity contribution in [2.45, 2.75) is 39.3 Å². The van der Waals surface area contributed by atoms with Gasteiger partial charge in [-0.25, -0.2) is 0 Å². The Bertz CT molecular complexity index is 1060. The Labute approximate surface area is 180 Å². The van der Waals surface area contributed by atoms with Crippen molar-refractivity contribution in [3.8, 4) is 22.3 Å². The highest BCUT2D eigenvalue weighted by atomic mass is 32.1. The minimum Gasteiger partial charge on any atom is -0.172 e. The molecule has 3 aromatic carbocycles. The maximum atomic E-state index is 4.66. The first-order valence-corrected chi connectivity index (χ1v) is 17.8. The molecule has 0 aliphatic carbocycles. The number of hydrogen-bond acceptors (Lipinski definition) is 3. The molecule has 0 saturated heterocycles. The molecule has 0 fully saturated rings. The normalized spacial score (nSPS) is 12.5. The molecule has 0 unspecified atom stereocenters. The summed E-state index contributed by atoms with van der Waals surface area (Å²) in [6.45, 7) is 14.3. The maximum Gasteiger partial charge on any atom is 0.113 e. The van der Waals surface area contributed by atoms with Crippen LogP contribution in [0.25, 0.3) is 33.3 Å². The molecule has 0 atom stereocenters. The number of nitrogens with zero attached hydrogens (tertiary/aromatic N) is 2. The molecular weight excluding hydrogens is 405 g/mol. The van der Waals surface area contributed by atoms with E-state index in [0.717, 1.165) is 11.0 Å². The van der Waals surface area contributed by atoms with E-state index in [9.17, 15) is 0 Å². The van der Waals surface area contributed by atoms with Crippen LogP contribution in [0.15, 0.2) is 60.7 Å². The van der Waals surface area contributed by atoms with Crippen LogP contribution in [-0.4, -0.2) is 24.9 Å². The minimum absolute atomic E-state index is 1.00. The average Bonchev–Trinajstić information content (AvgIpc) is 3.16. The van der Waals surface area contributed by atoms with E-state index in [2.05, 4.69) is 109 Å². The molecule has 148 valence electrons. The number of aromatic nitrogens is 2. The third-order valence-corrected chi connectivity index (χ3v) is 10.2. The summed E-state index contributed by atoms with van der Waals surface area (Å²) in [5.74, 6) is 0. The number of benzene rings is 3. The van der Waals surface area contributed by atoms with Gasteiger partial charge in [0.25, 0.3) is 0 Å². The second kappa shape index (κ2) is 7.31. The first-order valence-electron chi connectivity index (χ1n) is 10.1. The van der Waals surface area contributed by atoms with Crippen molar-refractivity contribution in [1.82, 2.24) is 8.75 Å². The van der Waals surface area contributed by atoms with Gasteiger partial charge in [-0.1, -0.05) is 110 Å². The molecule has 29 heavy (non-hydrogen) atoms. The highest BCUT2D eigenvalue weighted by Gasteiger charge is 2.19. The number of rotatable bonds is 4. The zero-order valence-corrected chi connectivity index (χ0v) is 20.9. The second-order valence-corrected chi connectivity index (χ2v) is 20.5. The summed E-state index contributed by atoms with van der Waals surface area (Å²) >= 11 is 1.30. The Balaban J connectivity index is 1.77. The zero-order chi connectivity index (χ0) is 20.8.